The molecule has 1 aliphatic rings. The van der Waals surface area contributed by atoms with Gasteiger partial charge in [-0.3, -0.25) is 9.69 Å². The Kier molecular flexibility index (Phi) is 4.22. The second kappa shape index (κ2) is 5.50. The number of rotatable bonds is 3. The number of nitrogens with zero attached hydrogens (tertiary/aromatic N) is 1. The van der Waals surface area contributed by atoms with Crippen molar-refractivity contribution in [2.45, 2.75) is 84.9 Å². The highest BCUT2D eigenvalue weighted by molar-refractivity contribution is 5.76. The van der Waals surface area contributed by atoms with Crippen molar-refractivity contribution in [3.8, 4) is 0 Å². The molecule has 122 valence electrons. The van der Waals surface area contributed by atoms with E-state index in [2.05, 4.69) is 5.11 Å². The molecule has 0 aromatic rings. The van der Waals surface area contributed by atoms with E-state index in [0.717, 1.165) is 0 Å². The summed E-state index contributed by atoms with van der Waals surface area (Å²) in [4.78, 5) is 25.8. The topological polar surface area (TPSA) is 66.8 Å². The maximum atomic E-state index is 12.3. The first-order valence-electron chi connectivity index (χ1n) is 7.97. The van der Waals surface area contributed by atoms with Crippen molar-refractivity contribution in [1.29, 1.82) is 1.43 Å². The zero-order valence-corrected chi connectivity index (χ0v) is 14.3. The monoisotopic (exact) mass is 301 g/mol. The van der Waals surface area contributed by atoms with Crippen molar-refractivity contribution in [3.05, 3.63) is 0 Å². The standard InChI is InChI=1S/C16H29NO4/c1-8-14(2,3)12(18)21-11-9-15(4,5)17(13(19)20)16(6,7)10-11/h11H,8-10H2,1-7H3,(H,19,20)/i/hT. The van der Waals surface area contributed by atoms with Gasteiger partial charge in [-0.2, -0.15) is 0 Å². The molecular weight excluding hydrogens is 270 g/mol. The molecule has 0 aliphatic carbocycles. The van der Waals surface area contributed by atoms with Crippen LogP contribution >= 0.6 is 0 Å². The molecule has 0 saturated carbocycles. The fraction of sp³-hybridized carbons (Fsp3) is 0.875. The van der Waals surface area contributed by atoms with Crippen LogP contribution in [0.3, 0.4) is 0 Å². The highest BCUT2D eigenvalue weighted by Gasteiger charge is 2.49. The van der Waals surface area contributed by atoms with Gasteiger partial charge in [0.15, 0.2) is 0 Å². The fourth-order valence-corrected chi connectivity index (χ4v) is 3.22. The van der Waals surface area contributed by atoms with Crippen molar-refractivity contribution in [2.24, 2.45) is 5.41 Å². The fourth-order valence-electron chi connectivity index (χ4n) is 3.22. The number of carboxylic acid groups (broad SMARTS) is 1. The highest BCUT2D eigenvalue weighted by atomic mass is 16.5. The summed E-state index contributed by atoms with van der Waals surface area (Å²) in [6.07, 6.45) is 0.836. The van der Waals surface area contributed by atoms with E-state index >= 15 is 0 Å². The summed E-state index contributed by atoms with van der Waals surface area (Å²) < 4.78 is 12.6. The minimum absolute atomic E-state index is 0.205. The van der Waals surface area contributed by atoms with Gasteiger partial charge in [0, 0.05) is 23.9 Å². The summed E-state index contributed by atoms with van der Waals surface area (Å²) in [5, 5.41) is 4.18. The van der Waals surface area contributed by atoms with Crippen LogP contribution in [0.1, 0.15) is 67.7 Å². The average molecular weight is 301 g/mol. The van der Waals surface area contributed by atoms with E-state index in [9.17, 15) is 9.59 Å². The van der Waals surface area contributed by atoms with Crippen LogP contribution in [-0.4, -0.2) is 39.3 Å². The van der Waals surface area contributed by atoms with Gasteiger partial charge >= 0.3 is 12.1 Å². The van der Waals surface area contributed by atoms with E-state index in [1.165, 1.54) is 0 Å². The summed E-state index contributed by atoms with van der Waals surface area (Å²) >= 11 is 0. The third kappa shape index (κ3) is 3.69. The average Bonchev–Trinajstić information content (AvgIpc) is 2.35. The van der Waals surface area contributed by atoms with Gasteiger partial charge in [0.25, 0.3) is 1.43 Å². The number of hydrogen-bond donors (Lipinski definition) is 1. The first-order valence-corrected chi connectivity index (χ1v) is 7.56. The Balaban J connectivity index is 2.94. The summed E-state index contributed by atoms with van der Waals surface area (Å²) in [5.74, 6) is -0.205. The van der Waals surface area contributed by atoms with Gasteiger partial charge in [0.1, 0.15) is 6.10 Å². The zero-order chi connectivity index (χ0) is 17.3. The molecule has 1 N–H and O–H groups in total. The number of piperidine rings is 1. The quantitative estimate of drug-likeness (QED) is 0.808. The molecule has 0 aromatic heterocycles. The van der Waals surface area contributed by atoms with Crippen LogP contribution < -0.4 is 0 Å². The number of hydrogen-bond acceptors (Lipinski definition) is 4. The molecule has 0 aromatic carbocycles. The van der Waals surface area contributed by atoms with Crippen LogP contribution in [0.4, 0.5) is 4.79 Å². The molecule has 1 heterocycles. The van der Waals surface area contributed by atoms with Crippen LogP contribution in [0.2, 0.25) is 0 Å². The predicted octanol–water partition coefficient (Wildman–Crippen LogP) is 3.67. The normalized spacial score (nSPS) is 22.4. The third-order valence-corrected chi connectivity index (χ3v) is 4.56. The summed E-state index contributed by atoms with van der Waals surface area (Å²) in [5.41, 5.74) is -1.62. The third-order valence-electron chi connectivity index (χ3n) is 4.56. The van der Waals surface area contributed by atoms with Crippen molar-refractivity contribution < 1.29 is 19.4 Å². The van der Waals surface area contributed by atoms with Crippen molar-refractivity contribution in [2.75, 3.05) is 0 Å². The lowest BCUT2D eigenvalue weighted by molar-refractivity contribution is -0.168. The highest BCUT2D eigenvalue weighted by Crippen LogP contribution is 2.40. The van der Waals surface area contributed by atoms with E-state index in [1.54, 1.807) is 4.90 Å². The Labute approximate surface area is 129 Å². The van der Waals surface area contributed by atoms with Crippen LogP contribution in [0, 0.1) is 5.41 Å². The number of carbonyl (C=O) groups is 2. The lowest BCUT2D eigenvalue weighted by atomic mass is 9.78. The van der Waals surface area contributed by atoms with E-state index in [4.69, 9.17) is 6.17 Å². The van der Waals surface area contributed by atoms with E-state index in [-0.39, 0.29) is 12.1 Å². The lowest BCUT2D eigenvalue weighted by Crippen LogP contribution is -2.64. The molecule has 1 aliphatic heterocycles. The molecule has 0 bridgehead atoms. The van der Waals surface area contributed by atoms with Gasteiger partial charge in [-0.15, -0.1) is 0 Å². The van der Waals surface area contributed by atoms with Crippen LogP contribution in [0.15, 0.2) is 0 Å². The molecule has 1 rings (SSSR count). The second-order valence-electron chi connectivity index (χ2n) is 7.90. The van der Waals surface area contributed by atoms with Crippen molar-refractivity contribution in [1.82, 2.24) is 4.90 Å². The maximum absolute atomic E-state index is 12.3. The molecule has 0 unspecified atom stereocenters. The molecule has 0 spiro atoms. The summed E-state index contributed by atoms with van der Waals surface area (Å²) in [7, 11) is 0. The largest absolute Gasteiger partial charge is 0.465 e. The number of carbonyl (C=O) groups excluding carboxylic acids is 1. The number of ether oxygens (including phenoxy) is 1. The SMILES string of the molecule is [3H]OC(=O)N1C(C)(C)CC(OC(=O)C(C)(C)CC)CC1(C)C. The van der Waals surface area contributed by atoms with Crippen LogP contribution in [0.5, 0.6) is 0 Å². The lowest BCUT2D eigenvalue weighted by Gasteiger charge is -2.53. The molecule has 0 radical (unpaired) electrons. The first-order chi connectivity index (χ1) is 9.87. The Bertz CT molecular complexity index is 427. The maximum Gasteiger partial charge on any atom is 0.408 e. The van der Waals surface area contributed by atoms with Crippen LogP contribution in [0.25, 0.3) is 1.43 Å². The molecule has 5 nitrogen and oxygen atoms in total. The van der Waals surface area contributed by atoms with Crippen molar-refractivity contribution >= 4 is 12.1 Å². The minimum Gasteiger partial charge on any atom is -0.465 e. The molecular formula is C16H29NO4. The van der Waals surface area contributed by atoms with E-state index < -0.39 is 22.6 Å². The summed E-state index contributed by atoms with van der Waals surface area (Å²) in [6.45, 7) is 13.3. The van der Waals surface area contributed by atoms with Gasteiger partial charge in [0.2, 0.25) is 0 Å². The Morgan fingerprint density at radius 1 is 1.29 bits per heavy atom. The van der Waals surface area contributed by atoms with Gasteiger partial charge in [-0.1, -0.05) is 6.92 Å². The summed E-state index contributed by atoms with van der Waals surface area (Å²) in [6, 6.07) is 0. The first kappa shape index (κ1) is 16.1. The minimum atomic E-state index is -0.673. The van der Waals surface area contributed by atoms with Gasteiger partial charge in [0.05, 0.1) is 5.41 Å². The van der Waals surface area contributed by atoms with Gasteiger partial charge < -0.3 is 9.85 Å². The Morgan fingerprint density at radius 3 is 2.14 bits per heavy atom. The molecule has 1 fully saturated rings. The molecule has 21 heavy (non-hydrogen) atoms. The van der Waals surface area contributed by atoms with Gasteiger partial charge in [-0.05, 0) is 48.0 Å². The molecule has 1 amide bonds. The number of amides is 1. The van der Waals surface area contributed by atoms with Crippen molar-refractivity contribution in [3.63, 3.8) is 0 Å². The smallest absolute Gasteiger partial charge is 0.408 e. The van der Waals surface area contributed by atoms with E-state index in [0.29, 0.717) is 19.3 Å². The zero-order valence-electron chi connectivity index (χ0n) is 15.3. The Morgan fingerprint density at radius 2 is 1.76 bits per heavy atom. The number of likely N-dealkylation sites (tertiary alicyclic amines) is 1. The molecule has 5 heteroatoms. The molecule has 0 atom stereocenters. The van der Waals surface area contributed by atoms with Gasteiger partial charge in [-0.25, -0.2) is 4.79 Å². The predicted molar refractivity (Wildman–Crippen MR) is 81.2 cm³/mol. The van der Waals surface area contributed by atoms with E-state index in [1.807, 2.05) is 48.5 Å². The second-order valence-corrected chi connectivity index (χ2v) is 7.90. The molecule has 1 saturated heterocycles. The number of esters is 1. The van der Waals surface area contributed by atoms with Crippen LogP contribution in [-0.2, 0) is 9.53 Å². The Hall–Kier alpha value is -1.26.